The fourth-order valence-corrected chi connectivity index (χ4v) is 5.46. The molecule has 2 saturated heterocycles. The highest BCUT2D eigenvalue weighted by Crippen LogP contribution is 2.46. The molecule has 1 spiro atoms. The highest BCUT2D eigenvalue weighted by molar-refractivity contribution is 6.06. The molecular formula is C25H27N5O5. The number of nitrogens with one attached hydrogen (secondary N) is 2. The van der Waals surface area contributed by atoms with E-state index < -0.39 is 17.6 Å². The summed E-state index contributed by atoms with van der Waals surface area (Å²) in [4.78, 5) is 58.1. The number of benzene rings is 1. The highest BCUT2D eigenvalue weighted by atomic mass is 16.6. The van der Waals surface area contributed by atoms with Gasteiger partial charge in [0.05, 0.1) is 6.04 Å². The van der Waals surface area contributed by atoms with Crippen molar-refractivity contribution < 1.29 is 23.9 Å². The molecule has 2 aliphatic heterocycles. The zero-order valence-electron chi connectivity index (χ0n) is 19.6. The second-order valence-electron chi connectivity index (χ2n) is 9.19. The minimum absolute atomic E-state index is 0.0122. The van der Waals surface area contributed by atoms with Crippen LogP contribution in [0, 0.1) is 0 Å². The van der Waals surface area contributed by atoms with Gasteiger partial charge < -0.3 is 20.3 Å². The SMILES string of the molecule is CNC(=O)Nc1ccc2c(c1)CC[C@@]21OC(=O)N(CC(=O)N2C(c3ccncc3)CC[C@@H]2C)C1=O. The smallest absolute Gasteiger partial charge is 0.418 e. The fourth-order valence-electron chi connectivity index (χ4n) is 5.46. The molecule has 5 amide bonds. The molecule has 0 radical (unpaired) electrons. The van der Waals surface area contributed by atoms with Crippen LogP contribution >= 0.6 is 0 Å². The van der Waals surface area contributed by atoms with E-state index in [0.29, 0.717) is 24.1 Å². The van der Waals surface area contributed by atoms with Crippen LogP contribution in [0.4, 0.5) is 15.3 Å². The Morgan fingerprint density at radius 1 is 1.17 bits per heavy atom. The lowest BCUT2D eigenvalue weighted by Gasteiger charge is -2.30. The monoisotopic (exact) mass is 477 g/mol. The summed E-state index contributed by atoms with van der Waals surface area (Å²) in [6.45, 7) is 1.61. The first-order valence-corrected chi connectivity index (χ1v) is 11.7. The standard InChI is InChI=1S/C25H27N5O5/c1-15-3-6-20(16-8-11-27-12-9-16)30(15)21(31)14-29-22(32)25(35-24(29)34)10-7-17-13-18(4-5-19(17)25)28-23(33)26-2/h4-5,8-9,11-13,15,20H,3,6-7,10,14H2,1-2H3,(H2,26,28,33)/t15-,20?,25+/m0/s1. The normalized spacial score (nSPS) is 25.1. The molecule has 0 bridgehead atoms. The number of hydrogen-bond donors (Lipinski definition) is 2. The van der Waals surface area contributed by atoms with Gasteiger partial charge in [0.1, 0.15) is 6.54 Å². The molecule has 5 rings (SSSR count). The molecular weight excluding hydrogens is 450 g/mol. The van der Waals surface area contributed by atoms with E-state index >= 15 is 0 Å². The maximum Gasteiger partial charge on any atom is 0.418 e. The molecule has 10 nitrogen and oxygen atoms in total. The average molecular weight is 478 g/mol. The average Bonchev–Trinajstić information content (AvgIpc) is 3.49. The summed E-state index contributed by atoms with van der Waals surface area (Å²) >= 11 is 0. The number of likely N-dealkylation sites (tertiary alicyclic amines) is 1. The molecule has 1 unspecified atom stereocenters. The maximum atomic E-state index is 13.5. The molecule has 1 aromatic carbocycles. The van der Waals surface area contributed by atoms with E-state index in [1.54, 1.807) is 35.5 Å². The summed E-state index contributed by atoms with van der Waals surface area (Å²) in [5.41, 5.74) is 1.54. The van der Waals surface area contributed by atoms with Crippen molar-refractivity contribution in [2.45, 2.75) is 50.3 Å². The summed E-state index contributed by atoms with van der Waals surface area (Å²) in [6.07, 6.45) is 5.02. The van der Waals surface area contributed by atoms with Crippen molar-refractivity contribution >= 4 is 29.6 Å². The molecule has 10 heteroatoms. The molecule has 182 valence electrons. The Hall–Kier alpha value is -3.95. The number of anilines is 1. The number of carbonyl (C=O) groups excluding carboxylic acids is 4. The lowest BCUT2D eigenvalue weighted by Crippen LogP contribution is -2.46. The number of pyridine rings is 1. The summed E-state index contributed by atoms with van der Waals surface area (Å²) in [6, 6.07) is 8.43. The number of nitrogens with zero attached hydrogens (tertiary/aromatic N) is 3. The number of fused-ring (bicyclic) bond motifs is 2. The number of amides is 5. The third kappa shape index (κ3) is 3.78. The predicted molar refractivity (Wildman–Crippen MR) is 125 cm³/mol. The summed E-state index contributed by atoms with van der Waals surface area (Å²) in [7, 11) is 1.52. The number of imide groups is 1. The van der Waals surface area contributed by atoms with Crippen LogP contribution in [0.5, 0.6) is 0 Å². The first-order valence-electron chi connectivity index (χ1n) is 11.7. The van der Waals surface area contributed by atoms with Crippen LogP contribution in [-0.4, -0.2) is 58.4 Å². The molecule has 3 atom stereocenters. The lowest BCUT2D eigenvalue weighted by molar-refractivity contribution is -0.143. The second kappa shape index (κ2) is 8.68. The van der Waals surface area contributed by atoms with Crippen LogP contribution in [0.3, 0.4) is 0 Å². The Balaban J connectivity index is 1.36. The first-order chi connectivity index (χ1) is 16.8. The first kappa shape index (κ1) is 22.8. The molecule has 1 aliphatic carbocycles. The Labute approximate surface area is 202 Å². The van der Waals surface area contributed by atoms with Crippen LogP contribution in [0.2, 0.25) is 0 Å². The Bertz CT molecular complexity index is 1200. The zero-order chi connectivity index (χ0) is 24.7. The molecule has 3 aliphatic rings. The van der Waals surface area contributed by atoms with E-state index in [2.05, 4.69) is 15.6 Å². The van der Waals surface area contributed by atoms with Gasteiger partial charge in [-0.2, -0.15) is 0 Å². The van der Waals surface area contributed by atoms with Crippen LogP contribution in [0.1, 0.15) is 48.9 Å². The number of aryl methyl sites for hydroxylation is 1. The van der Waals surface area contributed by atoms with Gasteiger partial charge in [-0.25, -0.2) is 14.5 Å². The van der Waals surface area contributed by atoms with Crippen molar-refractivity contribution in [3.8, 4) is 0 Å². The van der Waals surface area contributed by atoms with Crippen LogP contribution in [0.15, 0.2) is 42.7 Å². The van der Waals surface area contributed by atoms with Crippen molar-refractivity contribution in [1.82, 2.24) is 20.1 Å². The predicted octanol–water partition coefficient (Wildman–Crippen LogP) is 2.71. The number of hydrogen-bond acceptors (Lipinski definition) is 6. The minimum atomic E-state index is -1.43. The molecule has 1 aromatic heterocycles. The molecule has 35 heavy (non-hydrogen) atoms. The van der Waals surface area contributed by atoms with Crippen molar-refractivity contribution in [2.75, 3.05) is 18.9 Å². The summed E-state index contributed by atoms with van der Waals surface area (Å²) < 4.78 is 5.66. The van der Waals surface area contributed by atoms with Crippen molar-refractivity contribution in [3.05, 3.63) is 59.4 Å². The van der Waals surface area contributed by atoms with Crippen molar-refractivity contribution in [2.24, 2.45) is 0 Å². The molecule has 2 N–H and O–H groups in total. The molecule has 2 fully saturated rings. The van der Waals surface area contributed by atoms with E-state index in [1.165, 1.54) is 7.05 Å². The second-order valence-corrected chi connectivity index (χ2v) is 9.19. The van der Waals surface area contributed by atoms with Gasteiger partial charge in [-0.15, -0.1) is 0 Å². The van der Waals surface area contributed by atoms with E-state index in [9.17, 15) is 19.2 Å². The number of ether oxygens (including phenoxy) is 1. The number of rotatable bonds is 4. The van der Waals surface area contributed by atoms with Gasteiger partial charge in [-0.3, -0.25) is 14.6 Å². The van der Waals surface area contributed by atoms with Gasteiger partial charge in [0, 0.05) is 43.2 Å². The Morgan fingerprint density at radius 2 is 1.94 bits per heavy atom. The van der Waals surface area contributed by atoms with E-state index in [1.807, 2.05) is 19.1 Å². The van der Waals surface area contributed by atoms with Crippen molar-refractivity contribution in [1.29, 1.82) is 0 Å². The molecule has 2 aromatic rings. The molecule has 0 saturated carbocycles. The third-order valence-corrected chi connectivity index (χ3v) is 7.18. The Morgan fingerprint density at radius 3 is 2.69 bits per heavy atom. The van der Waals surface area contributed by atoms with Gasteiger partial charge >= 0.3 is 12.1 Å². The Kier molecular flexibility index (Phi) is 5.66. The van der Waals surface area contributed by atoms with Gasteiger partial charge in [0.15, 0.2) is 0 Å². The van der Waals surface area contributed by atoms with Gasteiger partial charge in [-0.1, -0.05) is 6.07 Å². The lowest BCUT2D eigenvalue weighted by atomic mass is 9.94. The van der Waals surface area contributed by atoms with Crippen molar-refractivity contribution in [3.63, 3.8) is 0 Å². The summed E-state index contributed by atoms with van der Waals surface area (Å²) in [5.74, 6) is -0.809. The van der Waals surface area contributed by atoms with E-state index in [4.69, 9.17) is 4.74 Å². The topological polar surface area (TPSA) is 121 Å². The quantitative estimate of drug-likeness (QED) is 0.699. The minimum Gasteiger partial charge on any atom is -0.427 e. The van der Waals surface area contributed by atoms with Crippen LogP contribution < -0.4 is 10.6 Å². The summed E-state index contributed by atoms with van der Waals surface area (Å²) in [5, 5.41) is 5.19. The maximum absolute atomic E-state index is 13.5. The fraction of sp³-hybridized carbons (Fsp3) is 0.400. The highest BCUT2D eigenvalue weighted by Gasteiger charge is 2.58. The van der Waals surface area contributed by atoms with E-state index in [-0.39, 0.29) is 30.6 Å². The zero-order valence-corrected chi connectivity index (χ0v) is 19.6. The van der Waals surface area contributed by atoms with Gasteiger partial charge in [0.25, 0.3) is 5.91 Å². The number of carbonyl (C=O) groups is 4. The van der Waals surface area contributed by atoms with Gasteiger partial charge in [-0.05, 0) is 61.6 Å². The number of urea groups is 1. The number of aromatic nitrogens is 1. The van der Waals surface area contributed by atoms with E-state index in [0.717, 1.165) is 28.9 Å². The largest absolute Gasteiger partial charge is 0.427 e. The van der Waals surface area contributed by atoms with Gasteiger partial charge in [0.2, 0.25) is 11.5 Å². The molecule has 3 heterocycles. The van der Waals surface area contributed by atoms with Crippen LogP contribution in [-0.2, 0) is 26.3 Å². The third-order valence-electron chi connectivity index (χ3n) is 7.18. The van der Waals surface area contributed by atoms with Crippen LogP contribution in [0.25, 0.3) is 0 Å².